The summed E-state index contributed by atoms with van der Waals surface area (Å²) in [5.41, 5.74) is 0.507. The fourth-order valence-electron chi connectivity index (χ4n) is 1.12. The Morgan fingerprint density at radius 1 is 1.13 bits per heavy atom. The summed E-state index contributed by atoms with van der Waals surface area (Å²) in [6, 6.07) is 8.66. The predicted molar refractivity (Wildman–Crippen MR) is 51.9 cm³/mol. The van der Waals surface area contributed by atoms with E-state index in [0.29, 0.717) is 5.56 Å². The smallest absolute Gasteiger partial charge is 0.292 e. The van der Waals surface area contributed by atoms with Crippen molar-refractivity contribution in [2.24, 2.45) is 10.2 Å². The molecule has 5 nitrogen and oxygen atoms in total. The van der Waals surface area contributed by atoms with Crippen LogP contribution in [-0.4, -0.2) is 11.8 Å². The number of rotatable bonds is 2. The van der Waals surface area contributed by atoms with Crippen molar-refractivity contribution in [3.8, 4) is 0 Å². The van der Waals surface area contributed by atoms with Gasteiger partial charge in [0.2, 0.25) is 0 Å². The van der Waals surface area contributed by atoms with Gasteiger partial charge < -0.3 is 5.32 Å². The lowest BCUT2D eigenvalue weighted by Gasteiger charge is -2.01. The molecule has 15 heavy (non-hydrogen) atoms. The van der Waals surface area contributed by atoms with Gasteiger partial charge in [-0.25, -0.2) is 0 Å². The first-order valence-corrected chi connectivity index (χ1v) is 4.29. The molecule has 1 aromatic rings. The third-order valence-electron chi connectivity index (χ3n) is 1.79. The lowest BCUT2D eigenvalue weighted by Crippen LogP contribution is -2.21. The maximum absolute atomic E-state index is 11.5. The zero-order chi connectivity index (χ0) is 10.7. The van der Waals surface area contributed by atoms with Crippen LogP contribution in [-0.2, 0) is 4.79 Å². The van der Waals surface area contributed by atoms with Crippen LogP contribution >= 0.6 is 0 Å². The van der Waals surface area contributed by atoms with Crippen molar-refractivity contribution in [2.45, 2.75) is 0 Å². The van der Waals surface area contributed by atoms with Gasteiger partial charge in [0.15, 0.2) is 5.82 Å². The highest BCUT2D eigenvalue weighted by Gasteiger charge is 2.12. The van der Waals surface area contributed by atoms with E-state index in [1.165, 1.54) is 6.08 Å². The second-order valence-electron chi connectivity index (χ2n) is 2.89. The average molecular weight is 201 g/mol. The van der Waals surface area contributed by atoms with E-state index in [4.69, 9.17) is 0 Å². The zero-order valence-corrected chi connectivity index (χ0v) is 7.68. The third kappa shape index (κ3) is 2.14. The van der Waals surface area contributed by atoms with E-state index in [9.17, 15) is 9.59 Å². The Morgan fingerprint density at radius 3 is 2.47 bits per heavy atom. The van der Waals surface area contributed by atoms with Crippen LogP contribution in [0.5, 0.6) is 0 Å². The standard InChI is InChI=1S/C10H7N3O2/c14-9-6-8(12-13-9)11-10(15)7-4-2-1-3-5-7/h1-6H,(H,11,15). The maximum Gasteiger partial charge on any atom is 0.292 e. The molecule has 2 amide bonds. The summed E-state index contributed by atoms with van der Waals surface area (Å²) < 4.78 is 0. The number of carbonyl (C=O) groups excluding carboxylic acids is 2. The van der Waals surface area contributed by atoms with Gasteiger partial charge in [0, 0.05) is 5.56 Å². The molecule has 0 aliphatic carbocycles. The van der Waals surface area contributed by atoms with E-state index in [0.717, 1.165) is 0 Å². The third-order valence-corrected chi connectivity index (χ3v) is 1.79. The molecule has 0 fully saturated rings. The first kappa shape index (κ1) is 9.26. The number of hydrogen-bond acceptors (Lipinski definition) is 3. The Kier molecular flexibility index (Phi) is 2.37. The van der Waals surface area contributed by atoms with Crippen LogP contribution in [0.25, 0.3) is 0 Å². The van der Waals surface area contributed by atoms with Gasteiger partial charge in [-0.3, -0.25) is 9.59 Å². The number of hydrogen-bond donors (Lipinski definition) is 1. The molecule has 1 heterocycles. The zero-order valence-electron chi connectivity index (χ0n) is 7.68. The van der Waals surface area contributed by atoms with E-state index in [2.05, 4.69) is 15.5 Å². The van der Waals surface area contributed by atoms with Crippen molar-refractivity contribution in [3.63, 3.8) is 0 Å². The van der Waals surface area contributed by atoms with E-state index in [-0.39, 0.29) is 11.7 Å². The molecule has 0 unspecified atom stereocenters. The van der Waals surface area contributed by atoms with Crippen molar-refractivity contribution >= 4 is 11.8 Å². The molecule has 1 aromatic carbocycles. The van der Waals surface area contributed by atoms with Gasteiger partial charge in [0.05, 0.1) is 6.08 Å². The largest absolute Gasteiger partial charge is 0.305 e. The molecule has 0 aromatic heterocycles. The number of benzene rings is 1. The van der Waals surface area contributed by atoms with Crippen LogP contribution in [0, 0.1) is 0 Å². The molecule has 0 bridgehead atoms. The van der Waals surface area contributed by atoms with Gasteiger partial charge in [-0.05, 0) is 12.1 Å². The molecular weight excluding hydrogens is 194 g/mol. The van der Waals surface area contributed by atoms with Crippen molar-refractivity contribution in [2.75, 3.05) is 0 Å². The van der Waals surface area contributed by atoms with Gasteiger partial charge in [-0.2, -0.15) is 0 Å². The van der Waals surface area contributed by atoms with Gasteiger partial charge in [-0.15, -0.1) is 10.2 Å². The minimum atomic E-state index is -0.460. The Hall–Kier alpha value is -2.30. The summed E-state index contributed by atoms with van der Waals surface area (Å²) in [7, 11) is 0. The summed E-state index contributed by atoms with van der Waals surface area (Å²) in [5.74, 6) is -0.595. The summed E-state index contributed by atoms with van der Waals surface area (Å²) in [6.45, 7) is 0. The molecule has 0 saturated carbocycles. The van der Waals surface area contributed by atoms with Crippen molar-refractivity contribution in [3.05, 3.63) is 47.8 Å². The quantitative estimate of drug-likeness (QED) is 0.782. The Balaban J connectivity index is 2.09. The Labute approximate surface area is 85.5 Å². The molecule has 0 spiro atoms. The Morgan fingerprint density at radius 2 is 1.87 bits per heavy atom. The van der Waals surface area contributed by atoms with Crippen LogP contribution in [0.3, 0.4) is 0 Å². The van der Waals surface area contributed by atoms with Crippen LogP contribution < -0.4 is 5.32 Å². The highest BCUT2D eigenvalue weighted by atomic mass is 16.2. The molecule has 0 radical (unpaired) electrons. The predicted octanol–water partition coefficient (Wildman–Crippen LogP) is 1.25. The molecule has 0 atom stereocenters. The minimum Gasteiger partial charge on any atom is -0.305 e. The van der Waals surface area contributed by atoms with Crippen molar-refractivity contribution < 1.29 is 9.59 Å². The highest BCUT2D eigenvalue weighted by molar-refractivity contribution is 5.97. The number of carbonyl (C=O) groups is 2. The van der Waals surface area contributed by atoms with Gasteiger partial charge in [0.25, 0.3) is 11.8 Å². The first-order valence-electron chi connectivity index (χ1n) is 4.29. The first-order chi connectivity index (χ1) is 7.25. The summed E-state index contributed by atoms with van der Waals surface area (Å²) in [6.07, 6.45) is 1.17. The average Bonchev–Trinajstić information content (AvgIpc) is 2.65. The lowest BCUT2D eigenvalue weighted by atomic mass is 10.2. The monoisotopic (exact) mass is 201 g/mol. The second-order valence-corrected chi connectivity index (χ2v) is 2.89. The molecule has 74 valence electrons. The van der Waals surface area contributed by atoms with Gasteiger partial charge in [0.1, 0.15) is 0 Å². The molecule has 5 heteroatoms. The molecule has 1 N–H and O–H groups in total. The topological polar surface area (TPSA) is 70.9 Å². The molecule has 1 aliphatic rings. The van der Waals surface area contributed by atoms with Gasteiger partial charge >= 0.3 is 0 Å². The Bertz CT molecular complexity index is 463. The van der Waals surface area contributed by atoms with E-state index < -0.39 is 5.91 Å². The fraction of sp³-hybridized carbons (Fsp3) is 0. The normalized spacial score (nSPS) is 13.9. The molecule has 2 rings (SSSR count). The minimum absolute atomic E-state index is 0.175. The van der Waals surface area contributed by atoms with Gasteiger partial charge in [-0.1, -0.05) is 18.2 Å². The van der Waals surface area contributed by atoms with Crippen LogP contribution in [0.15, 0.2) is 52.5 Å². The number of amides is 2. The van der Waals surface area contributed by atoms with Crippen LogP contribution in [0.1, 0.15) is 10.4 Å². The van der Waals surface area contributed by atoms with Crippen molar-refractivity contribution in [1.82, 2.24) is 5.32 Å². The number of nitrogens with zero attached hydrogens (tertiary/aromatic N) is 2. The molecule has 0 saturated heterocycles. The second kappa shape index (κ2) is 3.83. The van der Waals surface area contributed by atoms with Crippen molar-refractivity contribution in [1.29, 1.82) is 0 Å². The van der Waals surface area contributed by atoms with Crippen LogP contribution in [0.4, 0.5) is 0 Å². The maximum atomic E-state index is 11.5. The van der Waals surface area contributed by atoms with Crippen LogP contribution in [0.2, 0.25) is 0 Å². The van der Waals surface area contributed by atoms with E-state index in [1.54, 1.807) is 24.3 Å². The SMILES string of the molecule is O=C1C=C(NC(=O)c2ccccc2)N=N1. The molecular formula is C10H7N3O2. The van der Waals surface area contributed by atoms with E-state index in [1.807, 2.05) is 6.07 Å². The summed E-state index contributed by atoms with van der Waals surface area (Å²) >= 11 is 0. The fourth-order valence-corrected chi connectivity index (χ4v) is 1.12. The van der Waals surface area contributed by atoms with E-state index >= 15 is 0 Å². The summed E-state index contributed by atoms with van der Waals surface area (Å²) in [4.78, 5) is 22.2. The lowest BCUT2D eigenvalue weighted by molar-refractivity contribution is -0.113. The molecule has 1 aliphatic heterocycles. The number of nitrogens with one attached hydrogen (secondary N) is 1. The highest BCUT2D eigenvalue weighted by Crippen LogP contribution is 2.05. The number of azo groups is 1. The summed E-state index contributed by atoms with van der Waals surface area (Å²) in [5, 5.41) is 9.20.